The molecule has 6 unspecified atom stereocenters. The molecule has 4 aliphatic rings. The molecule has 0 amide bonds. The van der Waals surface area contributed by atoms with Crippen LogP contribution >= 0.6 is 0 Å². The van der Waals surface area contributed by atoms with Gasteiger partial charge in [0.2, 0.25) is 0 Å². The lowest BCUT2D eigenvalue weighted by Crippen LogP contribution is -2.61. The highest BCUT2D eigenvalue weighted by Gasteiger charge is 2.66. The Balaban J connectivity index is 1.66. The maximum atomic E-state index is 11.5. The van der Waals surface area contributed by atoms with Crippen LogP contribution in [-0.4, -0.2) is 30.5 Å². The zero-order valence-electron chi connectivity index (χ0n) is 11.8. The second kappa shape index (κ2) is 4.19. The number of rotatable bonds is 2. The van der Waals surface area contributed by atoms with Crippen molar-refractivity contribution in [3.05, 3.63) is 0 Å². The van der Waals surface area contributed by atoms with Crippen molar-refractivity contribution >= 4 is 0 Å². The second-order valence-electron chi connectivity index (χ2n) is 7.63. The first kappa shape index (κ1) is 12.6. The van der Waals surface area contributed by atoms with Gasteiger partial charge in [0.05, 0.1) is 12.2 Å². The Labute approximate surface area is 115 Å². The van der Waals surface area contributed by atoms with E-state index in [4.69, 9.17) is 10.5 Å². The fourth-order valence-electron chi connectivity index (χ4n) is 6.25. The van der Waals surface area contributed by atoms with Crippen LogP contribution in [0.2, 0.25) is 0 Å². The van der Waals surface area contributed by atoms with Gasteiger partial charge in [-0.3, -0.25) is 0 Å². The van der Waals surface area contributed by atoms with Crippen molar-refractivity contribution in [2.24, 2.45) is 34.8 Å². The molecule has 0 aromatic carbocycles. The summed E-state index contributed by atoms with van der Waals surface area (Å²) in [5, 5.41) is 11.5. The summed E-state index contributed by atoms with van der Waals surface area (Å²) in [6, 6.07) is 0. The molecule has 1 saturated heterocycles. The Morgan fingerprint density at radius 1 is 1.21 bits per heavy atom. The van der Waals surface area contributed by atoms with E-state index in [1.807, 2.05) is 0 Å². The quantitative estimate of drug-likeness (QED) is 0.802. The third-order valence-electron chi connectivity index (χ3n) is 7.12. The summed E-state index contributed by atoms with van der Waals surface area (Å²) in [5.41, 5.74) is 5.45. The smallest absolute Gasteiger partial charge is 0.0771 e. The standard InChI is InChI=1S/C16H27NO2/c17-9-15(5-2-6-19-10-15)16(18)8-11-7-14(16)13-4-1-3-12(11)13/h11-14,18H,1-10,17H2. The lowest BCUT2D eigenvalue weighted by Gasteiger charge is -2.53. The van der Waals surface area contributed by atoms with Crippen LogP contribution in [0.25, 0.3) is 0 Å². The lowest BCUT2D eigenvalue weighted by atomic mass is 9.58. The molecule has 0 spiro atoms. The van der Waals surface area contributed by atoms with E-state index in [-0.39, 0.29) is 5.41 Å². The van der Waals surface area contributed by atoms with Gasteiger partial charge in [-0.1, -0.05) is 6.42 Å². The highest BCUT2D eigenvalue weighted by molar-refractivity contribution is 5.16. The number of fused-ring (bicyclic) bond motifs is 5. The number of aliphatic hydroxyl groups is 1. The van der Waals surface area contributed by atoms with Crippen molar-refractivity contribution in [3.63, 3.8) is 0 Å². The van der Waals surface area contributed by atoms with Gasteiger partial charge in [-0.25, -0.2) is 0 Å². The molecular formula is C16H27NO2. The minimum atomic E-state index is -0.529. The first-order valence-electron chi connectivity index (χ1n) is 8.20. The average Bonchev–Trinajstić information content (AvgIpc) is 3.10. The first-order chi connectivity index (χ1) is 9.20. The number of hydrogen-bond acceptors (Lipinski definition) is 3. The minimum absolute atomic E-state index is 0.155. The van der Waals surface area contributed by atoms with Crippen molar-refractivity contribution in [1.29, 1.82) is 0 Å². The summed E-state index contributed by atoms with van der Waals surface area (Å²) in [4.78, 5) is 0. The molecule has 0 aromatic rings. The number of nitrogens with two attached hydrogens (primary N) is 1. The molecule has 3 nitrogen and oxygen atoms in total. The normalized spacial score (nSPS) is 56.5. The molecule has 4 fully saturated rings. The Kier molecular flexibility index (Phi) is 2.78. The molecular weight excluding hydrogens is 238 g/mol. The average molecular weight is 265 g/mol. The van der Waals surface area contributed by atoms with Crippen LogP contribution in [0.4, 0.5) is 0 Å². The van der Waals surface area contributed by atoms with Gasteiger partial charge in [-0.05, 0) is 62.2 Å². The minimum Gasteiger partial charge on any atom is -0.389 e. The van der Waals surface area contributed by atoms with E-state index in [1.165, 1.54) is 25.7 Å². The van der Waals surface area contributed by atoms with Gasteiger partial charge < -0.3 is 15.6 Å². The fraction of sp³-hybridized carbons (Fsp3) is 1.00. The van der Waals surface area contributed by atoms with Gasteiger partial charge >= 0.3 is 0 Å². The van der Waals surface area contributed by atoms with Crippen LogP contribution < -0.4 is 5.73 Å². The Morgan fingerprint density at radius 2 is 2.05 bits per heavy atom. The predicted molar refractivity (Wildman–Crippen MR) is 73.5 cm³/mol. The largest absolute Gasteiger partial charge is 0.389 e. The summed E-state index contributed by atoms with van der Waals surface area (Å²) < 4.78 is 5.73. The molecule has 1 aliphatic heterocycles. The molecule has 0 radical (unpaired) electrons. The van der Waals surface area contributed by atoms with E-state index in [0.717, 1.165) is 43.6 Å². The van der Waals surface area contributed by atoms with Crippen LogP contribution in [0.15, 0.2) is 0 Å². The molecule has 3 saturated carbocycles. The maximum absolute atomic E-state index is 11.5. The SMILES string of the molecule is NCC1(C2(O)CC3CC2C2CCCC32)CCCOC1. The van der Waals surface area contributed by atoms with E-state index in [2.05, 4.69) is 0 Å². The van der Waals surface area contributed by atoms with Gasteiger partial charge in [-0.15, -0.1) is 0 Å². The first-order valence-corrected chi connectivity index (χ1v) is 8.20. The van der Waals surface area contributed by atoms with Gasteiger partial charge in [0.1, 0.15) is 0 Å². The third-order valence-corrected chi connectivity index (χ3v) is 7.12. The molecule has 1 heterocycles. The molecule has 6 atom stereocenters. The van der Waals surface area contributed by atoms with Crippen LogP contribution in [0.3, 0.4) is 0 Å². The van der Waals surface area contributed by atoms with Gasteiger partial charge in [0, 0.05) is 18.6 Å². The molecule has 108 valence electrons. The summed E-state index contributed by atoms with van der Waals surface area (Å²) in [6.07, 6.45) is 8.51. The summed E-state index contributed by atoms with van der Waals surface area (Å²) in [5.74, 6) is 2.99. The van der Waals surface area contributed by atoms with Crippen molar-refractivity contribution in [3.8, 4) is 0 Å². The molecule has 3 N–H and O–H groups in total. The predicted octanol–water partition coefficient (Wildman–Crippen LogP) is 1.93. The number of ether oxygens (including phenoxy) is 1. The zero-order chi connectivity index (χ0) is 13.1. The van der Waals surface area contributed by atoms with Gasteiger partial charge in [-0.2, -0.15) is 0 Å². The van der Waals surface area contributed by atoms with Gasteiger partial charge in [0.25, 0.3) is 0 Å². The van der Waals surface area contributed by atoms with Crippen molar-refractivity contribution in [2.45, 2.75) is 50.5 Å². The van der Waals surface area contributed by atoms with E-state index >= 15 is 0 Å². The summed E-state index contributed by atoms with van der Waals surface area (Å²) in [7, 11) is 0. The van der Waals surface area contributed by atoms with E-state index in [0.29, 0.717) is 19.1 Å². The Morgan fingerprint density at radius 3 is 2.79 bits per heavy atom. The van der Waals surface area contributed by atoms with Crippen molar-refractivity contribution in [1.82, 2.24) is 0 Å². The van der Waals surface area contributed by atoms with E-state index in [9.17, 15) is 5.11 Å². The summed E-state index contributed by atoms with van der Waals surface area (Å²) >= 11 is 0. The molecule has 2 bridgehead atoms. The highest BCUT2D eigenvalue weighted by atomic mass is 16.5. The van der Waals surface area contributed by atoms with Gasteiger partial charge in [0.15, 0.2) is 0 Å². The van der Waals surface area contributed by atoms with Crippen LogP contribution in [0.1, 0.15) is 44.9 Å². The zero-order valence-corrected chi connectivity index (χ0v) is 11.8. The monoisotopic (exact) mass is 265 g/mol. The third kappa shape index (κ3) is 1.50. The highest BCUT2D eigenvalue weighted by Crippen LogP contribution is 2.66. The van der Waals surface area contributed by atoms with Crippen molar-refractivity contribution in [2.75, 3.05) is 19.8 Å². The Bertz CT molecular complexity index is 366. The topological polar surface area (TPSA) is 55.5 Å². The van der Waals surface area contributed by atoms with E-state index < -0.39 is 5.60 Å². The second-order valence-corrected chi connectivity index (χ2v) is 7.63. The lowest BCUT2D eigenvalue weighted by molar-refractivity contribution is -0.182. The van der Waals surface area contributed by atoms with Crippen LogP contribution in [0.5, 0.6) is 0 Å². The molecule has 3 heteroatoms. The molecule has 3 aliphatic carbocycles. The van der Waals surface area contributed by atoms with Crippen molar-refractivity contribution < 1.29 is 9.84 Å². The van der Waals surface area contributed by atoms with E-state index in [1.54, 1.807) is 0 Å². The Hall–Kier alpha value is -0.120. The molecule has 0 aromatic heterocycles. The van der Waals surface area contributed by atoms with Crippen LogP contribution in [-0.2, 0) is 4.74 Å². The fourth-order valence-corrected chi connectivity index (χ4v) is 6.25. The maximum Gasteiger partial charge on any atom is 0.0771 e. The molecule has 4 rings (SSSR count). The molecule has 19 heavy (non-hydrogen) atoms. The summed E-state index contributed by atoms with van der Waals surface area (Å²) in [6.45, 7) is 2.11. The number of hydrogen-bond donors (Lipinski definition) is 2. The van der Waals surface area contributed by atoms with Crippen LogP contribution in [0, 0.1) is 29.1 Å².